The van der Waals surface area contributed by atoms with E-state index in [1.807, 2.05) is 0 Å². The molecule has 0 radical (unpaired) electrons. The van der Waals surface area contributed by atoms with Gasteiger partial charge in [-0.1, -0.05) is 67.5 Å². The second-order valence-corrected chi connectivity index (χ2v) is 10.8. The van der Waals surface area contributed by atoms with Crippen LogP contribution in [-0.4, -0.2) is 5.60 Å². The Balaban J connectivity index is 3.68. The Labute approximate surface area is 157 Å². The van der Waals surface area contributed by atoms with Gasteiger partial charge in [0, 0.05) is 0 Å². The van der Waals surface area contributed by atoms with Crippen LogP contribution in [0.3, 0.4) is 0 Å². The average molecular weight is 347 g/mol. The summed E-state index contributed by atoms with van der Waals surface area (Å²) >= 11 is 0. The van der Waals surface area contributed by atoms with Gasteiger partial charge < -0.3 is 4.74 Å². The molecule has 0 aliphatic carbocycles. The standard InChI is InChI=1S/C24H42O/c1-12-17-14-18(16-22(3,4)5)21(25-24(9,10)11)19(15-17)20(13-2)23(6,7)8/h14-15,20H,12-13,16H2,1-11H3. The molecule has 1 aromatic carbocycles. The summed E-state index contributed by atoms with van der Waals surface area (Å²) in [5.41, 5.74) is 4.48. The Morgan fingerprint density at radius 3 is 1.80 bits per heavy atom. The third-order valence-corrected chi connectivity index (χ3v) is 4.62. The van der Waals surface area contributed by atoms with Crippen LogP contribution in [-0.2, 0) is 12.8 Å². The van der Waals surface area contributed by atoms with Crippen LogP contribution in [0.15, 0.2) is 12.1 Å². The fraction of sp³-hybridized carbons (Fsp3) is 0.750. The molecule has 0 saturated carbocycles. The Bertz CT molecular complexity index is 561. The number of hydrogen-bond donors (Lipinski definition) is 0. The van der Waals surface area contributed by atoms with E-state index >= 15 is 0 Å². The van der Waals surface area contributed by atoms with Gasteiger partial charge in [0.2, 0.25) is 0 Å². The first-order valence-electron chi connectivity index (χ1n) is 10.0. The molecule has 0 aliphatic heterocycles. The van der Waals surface area contributed by atoms with Gasteiger partial charge in [-0.25, -0.2) is 0 Å². The highest BCUT2D eigenvalue weighted by Crippen LogP contribution is 2.45. The predicted molar refractivity (Wildman–Crippen MR) is 112 cm³/mol. The van der Waals surface area contributed by atoms with E-state index in [-0.39, 0.29) is 16.4 Å². The largest absolute Gasteiger partial charge is 0.488 e. The molecule has 1 atom stereocenters. The molecule has 1 aromatic rings. The van der Waals surface area contributed by atoms with Gasteiger partial charge in [0.1, 0.15) is 11.4 Å². The second-order valence-electron chi connectivity index (χ2n) is 10.8. The summed E-state index contributed by atoms with van der Waals surface area (Å²) in [5.74, 6) is 1.64. The zero-order valence-electron chi connectivity index (χ0n) is 18.8. The van der Waals surface area contributed by atoms with Crippen LogP contribution in [0.25, 0.3) is 0 Å². The maximum atomic E-state index is 6.59. The van der Waals surface area contributed by atoms with Crippen molar-refractivity contribution in [2.45, 2.75) is 107 Å². The van der Waals surface area contributed by atoms with Crippen LogP contribution >= 0.6 is 0 Å². The first-order chi connectivity index (χ1) is 11.2. The molecule has 0 N–H and O–H groups in total. The lowest BCUT2D eigenvalue weighted by Crippen LogP contribution is -2.27. The Hall–Kier alpha value is -0.980. The van der Waals surface area contributed by atoms with Gasteiger partial charge in [0.15, 0.2) is 0 Å². The van der Waals surface area contributed by atoms with Gasteiger partial charge in [0.05, 0.1) is 0 Å². The van der Waals surface area contributed by atoms with E-state index in [9.17, 15) is 0 Å². The zero-order chi connectivity index (χ0) is 19.6. The molecular weight excluding hydrogens is 304 g/mol. The molecule has 1 nitrogen and oxygen atoms in total. The average Bonchev–Trinajstić information content (AvgIpc) is 2.37. The molecule has 0 amide bonds. The van der Waals surface area contributed by atoms with Gasteiger partial charge in [-0.2, -0.15) is 0 Å². The maximum Gasteiger partial charge on any atom is 0.126 e. The number of rotatable bonds is 5. The third-order valence-electron chi connectivity index (χ3n) is 4.62. The Morgan fingerprint density at radius 2 is 1.44 bits per heavy atom. The summed E-state index contributed by atoms with van der Waals surface area (Å²) < 4.78 is 6.59. The van der Waals surface area contributed by atoms with Crippen LogP contribution in [0.4, 0.5) is 0 Å². The fourth-order valence-corrected chi connectivity index (χ4v) is 3.68. The zero-order valence-corrected chi connectivity index (χ0v) is 18.8. The van der Waals surface area contributed by atoms with Crippen LogP contribution in [0.1, 0.15) is 105 Å². The normalized spacial score (nSPS) is 14.5. The second kappa shape index (κ2) is 7.72. The molecule has 144 valence electrons. The lowest BCUT2D eigenvalue weighted by Gasteiger charge is -2.35. The highest BCUT2D eigenvalue weighted by molar-refractivity contribution is 5.48. The van der Waals surface area contributed by atoms with E-state index in [1.165, 1.54) is 16.7 Å². The van der Waals surface area contributed by atoms with Crippen molar-refractivity contribution in [1.29, 1.82) is 0 Å². The summed E-state index contributed by atoms with van der Waals surface area (Å²) in [6.07, 6.45) is 3.24. The molecule has 25 heavy (non-hydrogen) atoms. The van der Waals surface area contributed by atoms with E-state index in [0.29, 0.717) is 5.92 Å². The molecular formula is C24H42O. The van der Waals surface area contributed by atoms with Crippen molar-refractivity contribution in [2.24, 2.45) is 10.8 Å². The Kier molecular flexibility index (Phi) is 6.81. The minimum atomic E-state index is -0.189. The number of benzene rings is 1. The number of ether oxygens (including phenoxy) is 1. The summed E-state index contributed by atoms with van der Waals surface area (Å²) in [6, 6.07) is 4.79. The van der Waals surface area contributed by atoms with Crippen molar-refractivity contribution in [1.82, 2.24) is 0 Å². The predicted octanol–water partition coefficient (Wildman–Crippen LogP) is 7.55. The highest BCUT2D eigenvalue weighted by atomic mass is 16.5. The van der Waals surface area contributed by atoms with Crippen LogP contribution < -0.4 is 4.74 Å². The van der Waals surface area contributed by atoms with Gasteiger partial charge in [-0.05, 0) is 73.5 Å². The molecule has 1 rings (SSSR count). The molecule has 0 aliphatic rings. The van der Waals surface area contributed by atoms with Gasteiger partial charge in [0.25, 0.3) is 0 Å². The summed E-state index contributed by atoms with van der Waals surface area (Å²) in [6.45, 7) is 25.0. The van der Waals surface area contributed by atoms with E-state index in [1.54, 1.807) is 0 Å². The molecule has 0 heterocycles. The summed E-state index contributed by atoms with van der Waals surface area (Å²) in [4.78, 5) is 0. The smallest absolute Gasteiger partial charge is 0.126 e. The Morgan fingerprint density at radius 1 is 0.880 bits per heavy atom. The van der Waals surface area contributed by atoms with Crippen molar-refractivity contribution in [3.63, 3.8) is 0 Å². The van der Waals surface area contributed by atoms with E-state index in [4.69, 9.17) is 4.74 Å². The number of aryl methyl sites for hydroxylation is 1. The lowest BCUT2D eigenvalue weighted by atomic mass is 9.73. The third kappa shape index (κ3) is 6.68. The van der Waals surface area contributed by atoms with E-state index < -0.39 is 0 Å². The van der Waals surface area contributed by atoms with Crippen molar-refractivity contribution in [3.05, 3.63) is 28.8 Å². The van der Waals surface area contributed by atoms with Crippen molar-refractivity contribution in [2.75, 3.05) is 0 Å². The quantitative estimate of drug-likeness (QED) is 0.534. The minimum absolute atomic E-state index is 0.189. The SMILES string of the molecule is CCc1cc(CC(C)(C)C)c(OC(C)(C)C)c(C(CC)C(C)(C)C)c1. The monoisotopic (exact) mass is 346 g/mol. The topological polar surface area (TPSA) is 9.23 Å². The molecule has 1 heteroatoms. The minimum Gasteiger partial charge on any atom is -0.488 e. The van der Waals surface area contributed by atoms with Crippen molar-refractivity contribution >= 4 is 0 Å². The molecule has 0 fully saturated rings. The molecule has 0 saturated heterocycles. The summed E-state index contributed by atoms with van der Waals surface area (Å²) in [5, 5.41) is 0. The van der Waals surface area contributed by atoms with Crippen molar-refractivity contribution in [3.8, 4) is 5.75 Å². The molecule has 0 aromatic heterocycles. The maximum absolute atomic E-state index is 6.59. The highest BCUT2D eigenvalue weighted by Gasteiger charge is 2.31. The first-order valence-corrected chi connectivity index (χ1v) is 10.0. The van der Waals surface area contributed by atoms with Gasteiger partial charge in [-0.15, -0.1) is 0 Å². The van der Waals surface area contributed by atoms with Crippen LogP contribution in [0.5, 0.6) is 5.75 Å². The van der Waals surface area contributed by atoms with E-state index in [2.05, 4.69) is 88.3 Å². The molecule has 1 unspecified atom stereocenters. The van der Waals surface area contributed by atoms with Gasteiger partial charge in [-0.3, -0.25) is 0 Å². The molecule has 0 spiro atoms. The fourth-order valence-electron chi connectivity index (χ4n) is 3.68. The van der Waals surface area contributed by atoms with E-state index in [0.717, 1.165) is 25.0 Å². The van der Waals surface area contributed by atoms with Crippen LogP contribution in [0.2, 0.25) is 0 Å². The van der Waals surface area contributed by atoms with Gasteiger partial charge >= 0.3 is 0 Å². The molecule has 0 bridgehead atoms. The summed E-state index contributed by atoms with van der Waals surface area (Å²) in [7, 11) is 0. The van der Waals surface area contributed by atoms with Crippen LogP contribution in [0, 0.1) is 10.8 Å². The van der Waals surface area contributed by atoms with Crippen molar-refractivity contribution < 1.29 is 4.74 Å². The first kappa shape index (κ1) is 22.1. The lowest BCUT2D eigenvalue weighted by molar-refractivity contribution is 0.124. The number of hydrogen-bond acceptors (Lipinski definition) is 1.